The Labute approximate surface area is 151 Å². The SMILES string of the molecule is CCNC(=NCCCCSC)NC1CCCC(C(=O)NC2CC2)C1. The van der Waals surface area contributed by atoms with Crippen LogP contribution in [0.15, 0.2) is 4.99 Å². The lowest BCUT2D eigenvalue weighted by Gasteiger charge is -2.30. The third kappa shape index (κ3) is 7.32. The summed E-state index contributed by atoms with van der Waals surface area (Å²) in [6.07, 6.45) is 11.0. The van der Waals surface area contributed by atoms with Gasteiger partial charge in [-0.3, -0.25) is 9.79 Å². The van der Waals surface area contributed by atoms with Crippen LogP contribution in [0.3, 0.4) is 0 Å². The highest BCUT2D eigenvalue weighted by atomic mass is 32.2. The number of rotatable bonds is 9. The van der Waals surface area contributed by atoms with Gasteiger partial charge in [0.2, 0.25) is 5.91 Å². The van der Waals surface area contributed by atoms with Crippen molar-refractivity contribution < 1.29 is 4.79 Å². The Morgan fingerprint density at radius 1 is 1.12 bits per heavy atom. The molecule has 0 radical (unpaired) electrons. The predicted molar refractivity (Wildman–Crippen MR) is 104 cm³/mol. The normalized spacial score (nSPS) is 24.5. The summed E-state index contributed by atoms with van der Waals surface area (Å²) in [5.74, 6) is 2.55. The lowest BCUT2D eigenvalue weighted by atomic mass is 9.85. The average molecular weight is 355 g/mol. The number of thioether (sulfide) groups is 1. The van der Waals surface area contributed by atoms with Gasteiger partial charge in [0.25, 0.3) is 0 Å². The maximum absolute atomic E-state index is 12.3. The van der Waals surface area contributed by atoms with Crippen molar-refractivity contribution in [2.45, 2.75) is 70.4 Å². The van der Waals surface area contributed by atoms with Crippen LogP contribution in [0.2, 0.25) is 0 Å². The van der Waals surface area contributed by atoms with Crippen LogP contribution in [0.4, 0.5) is 0 Å². The van der Waals surface area contributed by atoms with Crippen molar-refractivity contribution >= 4 is 23.6 Å². The van der Waals surface area contributed by atoms with Crippen molar-refractivity contribution in [2.75, 3.05) is 25.1 Å². The molecule has 2 unspecified atom stereocenters. The number of unbranched alkanes of at least 4 members (excludes halogenated alkanes) is 1. The van der Waals surface area contributed by atoms with Gasteiger partial charge < -0.3 is 16.0 Å². The Hall–Kier alpha value is -0.910. The van der Waals surface area contributed by atoms with E-state index < -0.39 is 0 Å². The Kier molecular flexibility index (Phi) is 8.78. The molecule has 0 spiro atoms. The number of guanidine groups is 1. The van der Waals surface area contributed by atoms with E-state index >= 15 is 0 Å². The van der Waals surface area contributed by atoms with Gasteiger partial charge >= 0.3 is 0 Å². The topological polar surface area (TPSA) is 65.5 Å². The van der Waals surface area contributed by atoms with E-state index in [9.17, 15) is 4.79 Å². The summed E-state index contributed by atoms with van der Waals surface area (Å²) in [4.78, 5) is 17.0. The largest absolute Gasteiger partial charge is 0.357 e. The van der Waals surface area contributed by atoms with Crippen molar-refractivity contribution in [3.63, 3.8) is 0 Å². The van der Waals surface area contributed by atoms with E-state index in [1.807, 2.05) is 11.8 Å². The molecule has 0 bridgehead atoms. The summed E-state index contributed by atoms with van der Waals surface area (Å²) in [5.41, 5.74) is 0. The molecule has 24 heavy (non-hydrogen) atoms. The number of carbonyl (C=O) groups excluding carboxylic acids is 1. The first-order chi connectivity index (χ1) is 11.7. The van der Waals surface area contributed by atoms with Crippen LogP contribution in [0, 0.1) is 5.92 Å². The molecule has 2 aliphatic carbocycles. The Morgan fingerprint density at radius 3 is 2.67 bits per heavy atom. The van der Waals surface area contributed by atoms with Crippen molar-refractivity contribution in [2.24, 2.45) is 10.9 Å². The molecule has 138 valence electrons. The van der Waals surface area contributed by atoms with Gasteiger partial charge in [-0.05, 0) is 63.9 Å². The van der Waals surface area contributed by atoms with Crippen LogP contribution in [-0.2, 0) is 4.79 Å². The van der Waals surface area contributed by atoms with Gasteiger partial charge in [-0.25, -0.2) is 0 Å². The second kappa shape index (κ2) is 10.9. The fourth-order valence-corrected chi connectivity index (χ4v) is 3.66. The minimum atomic E-state index is 0.168. The molecule has 2 rings (SSSR count). The average Bonchev–Trinajstić information content (AvgIpc) is 3.39. The van der Waals surface area contributed by atoms with Gasteiger partial charge in [-0.2, -0.15) is 11.8 Å². The summed E-state index contributed by atoms with van der Waals surface area (Å²) in [6, 6.07) is 0.823. The highest BCUT2D eigenvalue weighted by molar-refractivity contribution is 7.98. The number of aliphatic imine (C=N–C) groups is 1. The minimum Gasteiger partial charge on any atom is -0.357 e. The zero-order valence-corrected chi connectivity index (χ0v) is 16.1. The summed E-state index contributed by atoms with van der Waals surface area (Å²) in [7, 11) is 0. The Bertz CT molecular complexity index is 412. The van der Waals surface area contributed by atoms with E-state index in [0.29, 0.717) is 12.1 Å². The number of carbonyl (C=O) groups is 1. The first-order valence-electron chi connectivity index (χ1n) is 9.57. The molecular weight excluding hydrogens is 320 g/mol. The first-order valence-corrected chi connectivity index (χ1v) is 11.0. The van der Waals surface area contributed by atoms with E-state index in [4.69, 9.17) is 4.99 Å². The molecule has 0 saturated heterocycles. The Balaban J connectivity index is 1.76. The zero-order valence-electron chi connectivity index (χ0n) is 15.3. The summed E-state index contributed by atoms with van der Waals surface area (Å²) in [5, 5.41) is 10.1. The molecule has 0 heterocycles. The molecule has 2 fully saturated rings. The van der Waals surface area contributed by atoms with Gasteiger partial charge in [0.1, 0.15) is 0 Å². The molecule has 1 amide bonds. The second-order valence-corrected chi connectivity index (χ2v) is 7.93. The monoisotopic (exact) mass is 354 g/mol. The molecule has 6 heteroatoms. The van der Waals surface area contributed by atoms with Gasteiger partial charge in [0.15, 0.2) is 5.96 Å². The minimum absolute atomic E-state index is 0.168. The summed E-state index contributed by atoms with van der Waals surface area (Å²) in [6.45, 7) is 3.83. The Morgan fingerprint density at radius 2 is 1.96 bits per heavy atom. The molecule has 3 N–H and O–H groups in total. The van der Waals surface area contributed by atoms with E-state index in [0.717, 1.165) is 64.0 Å². The number of hydrogen-bond acceptors (Lipinski definition) is 3. The highest BCUT2D eigenvalue weighted by Crippen LogP contribution is 2.26. The molecule has 0 aliphatic heterocycles. The van der Waals surface area contributed by atoms with Crippen molar-refractivity contribution in [1.82, 2.24) is 16.0 Å². The molecule has 0 aromatic carbocycles. The van der Waals surface area contributed by atoms with E-state index in [1.54, 1.807) is 0 Å². The highest BCUT2D eigenvalue weighted by Gasteiger charge is 2.31. The fraction of sp³-hybridized carbons (Fsp3) is 0.889. The van der Waals surface area contributed by atoms with Crippen LogP contribution in [-0.4, -0.2) is 49.0 Å². The number of hydrogen-bond donors (Lipinski definition) is 3. The third-order valence-corrected chi connectivity index (χ3v) is 5.38. The molecule has 2 saturated carbocycles. The third-order valence-electron chi connectivity index (χ3n) is 4.68. The first kappa shape index (κ1) is 19.4. The van der Waals surface area contributed by atoms with Gasteiger partial charge in [-0.15, -0.1) is 0 Å². The van der Waals surface area contributed by atoms with Crippen molar-refractivity contribution in [3.05, 3.63) is 0 Å². The van der Waals surface area contributed by atoms with E-state index in [1.165, 1.54) is 12.2 Å². The van der Waals surface area contributed by atoms with Crippen molar-refractivity contribution in [1.29, 1.82) is 0 Å². The number of amides is 1. The molecule has 2 aliphatic rings. The molecule has 0 aromatic rings. The predicted octanol–water partition coefficient (Wildman–Crippen LogP) is 2.52. The van der Waals surface area contributed by atoms with Gasteiger partial charge in [0, 0.05) is 31.1 Å². The lowest BCUT2D eigenvalue weighted by Crippen LogP contribution is -2.47. The summed E-state index contributed by atoms with van der Waals surface area (Å²) < 4.78 is 0. The molecule has 2 atom stereocenters. The van der Waals surface area contributed by atoms with Gasteiger partial charge in [-0.1, -0.05) is 6.42 Å². The quantitative estimate of drug-likeness (QED) is 0.338. The van der Waals surface area contributed by atoms with Crippen LogP contribution in [0.5, 0.6) is 0 Å². The lowest BCUT2D eigenvalue weighted by molar-refractivity contribution is -0.126. The van der Waals surface area contributed by atoms with Crippen LogP contribution >= 0.6 is 11.8 Å². The standard InChI is InChI=1S/C18H34N4OS/c1-3-19-18(20-11-4-5-12-24-2)22-16-8-6-7-14(13-16)17(23)21-15-9-10-15/h14-16H,3-13H2,1-2H3,(H,21,23)(H2,19,20,22). The van der Waals surface area contributed by atoms with Gasteiger partial charge in [0.05, 0.1) is 0 Å². The molecule has 0 aromatic heterocycles. The second-order valence-electron chi connectivity index (χ2n) is 6.95. The summed E-state index contributed by atoms with van der Waals surface area (Å²) >= 11 is 1.89. The maximum atomic E-state index is 12.3. The van der Waals surface area contributed by atoms with Crippen molar-refractivity contribution in [3.8, 4) is 0 Å². The van der Waals surface area contributed by atoms with E-state index in [-0.39, 0.29) is 11.8 Å². The van der Waals surface area contributed by atoms with E-state index in [2.05, 4.69) is 29.1 Å². The zero-order chi connectivity index (χ0) is 17.2. The molecular formula is C18H34N4OS. The van der Waals surface area contributed by atoms with Crippen LogP contribution < -0.4 is 16.0 Å². The fourth-order valence-electron chi connectivity index (χ4n) is 3.17. The number of nitrogens with zero attached hydrogens (tertiary/aromatic N) is 1. The smallest absolute Gasteiger partial charge is 0.223 e. The van der Waals surface area contributed by atoms with Crippen LogP contribution in [0.25, 0.3) is 0 Å². The number of nitrogens with one attached hydrogen (secondary N) is 3. The molecule has 5 nitrogen and oxygen atoms in total. The maximum Gasteiger partial charge on any atom is 0.223 e. The van der Waals surface area contributed by atoms with Crippen LogP contribution in [0.1, 0.15) is 58.3 Å².